The Morgan fingerprint density at radius 2 is 1.03 bits per heavy atom. The van der Waals surface area contributed by atoms with Crippen molar-refractivity contribution in [1.82, 2.24) is 5.23 Å². The van der Waals surface area contributed by atoms with Crippen molar-refractivity contribution in [1.29, 1.82) is 0 Å². The molecule has 1 aliphatic heterocycles. The van der Waals surface area contributed by atoms with E-state index in [1.807, 2.05) is 0 Å². The fraction of sp³-hybridized carbons (Fsp3) is 0.0952. The number of hydrogen-bond acceptors (Lipinski definition) is 14. The molecule has 3 aromatic rings. The molecule has 0 bridgehead atoms. The molecule has 1 amide bonds. The minimum atomic E-state index is -1.45. The summed E-state index contributed by atoms with van der Waals surface area (Å²) < 4.78 is 20.7. The predicted octanol–water partition coefficient (Wildman–Crippen LogP) is -0.0754. The van der Waals surface area contributed by atoms with E-state index >= 15 is 0 Å². The van der Waals surface area contributed by atoms with Gasteiger partial charge in [0.2, 0.25) is 16.7 Å². The smallest absolute Gasteiger partial charge is 0.360 e. The van der Waals surface area contributed by atoms with Gasteiger partial charge in [0.05, 0.1) is 0 Å². The number of anilines is 1. The standard InChI is InChI=1S/C21H12N2O13/c1-22(2)16-15(21(30)23-35-13(28)7-8-14(29)36-23)17-19(33-11(26)5-3-9(24)31-17)20-18(16)32-10(25)4-6-12(27)34-20/h3-8H,1-2H3. The number of carbonyl (C=O) groups is 3. The molecule has 0 atom stereocenters. The summed E-state index contributed by atoms with van der Waals surface area (Å²) in [6.07, 6.45) is 1.35. The molecule has 0 saturated heterocycles. The van der Waals surface area contributed by atoms with Gasteiger partial charge in [0.1, 0.15) is 11.3 Å². The van der Waals surface area contributed by atoms with Crippen LogP contribution in [0.5, 0.6) is 0 Å². The fourth-order valence-electron chi connectivity index (χ4n) is 3.01. The quantitative estimate of drug-likeness (QED) is 0.453. The van der Waals surface area contributed by atoms with Gasteiger partial charge in [-0.1, -0.05) is 0 Å². The van der Waals surface area contributed by atoms with Gasteiger partial charge in [0, 0.05) is 55.7 Å². The lowest BCUT2D eigenvalue weighted by atomic mass is 10.1. The highest BCUT2D eigenvalue weighted by Gasteiger charge is 2.35. The summed E-state index contributed by atoms with van der Waals surface area (Å²) in [6.45, 7) is 0. The van der Waals surface area contributed by atoms with Crippen molar-refractivity contribution in [2.24, 2.45) is 0 Å². The Bertz CT molecular complexity index is 1750. The maximum atomic E-state index is 13.5. The Hall–Kier alpha value is -5.47. The SMILES string of the molecule is CN(C)c1c(C(=O)N2OC(=O)C=CC(=O)O2)c2oc(=O)ccc(=O)oc2c2oc(=O)ccc(=O)oc12. The average Bonchev–Trinajstić information content (AvgIpc) is 2.97. The van der Waals surface area contributed by atoms with Gasteiger partial charge in [0.15, 0.2) is 5.58 Å². The molecule has 0 unspecified atom stereocenters. The first kappa shape index (κ1) is 23.7. The van der Waals surface area contributed by atoms with Crippen molar-refractivity contribution in [2.75, 3.05) is 19.0 Å². The van der Waals surface area contributed by atoms with Crippen LogP contribution in [0.1, 0.15) is 10.4 Å². The van der Waals surface area contributed by atoms with Crippen LogP contribution < -0.4 is 27.4 Å². The van der Waals surface area contributed by atoms with Crippen LogP contribution in [0.3, 0.4) is 0 Å². The van der Waals surface area contributed by atoms with Gasteiger partial charge in [-0.3, -0.25) is 14.5 Å². The molecule has 184 valence electrons. The number of rotatable bonds is 2. The van der Waals surface area contributed by atoms with Gasteiger partial charge < -0.3 is 22.6 Å². The minimum Gasteiger partial charge on any atom is -0.418 e. The van der Waals surface area contributed by atoms with Crippen molar-refractivity contribution in [3.05, 3.63) is 83.7 Å². The lowest BCUT2D eigenvalue weighted by Crippen LogP contribution is -2.35. The number of hydroxylamine groups is 2. The molecule has 15 heteroatoms. The Morgan fingerprint density at radius 3 is 1.47 bits per heavy atom. The first-order chi connectivity index (χ1) is 17.0. The Balaban J connectivity index is 2.30. The Morgan fingerprint density at radius 1 is 0.639 bits per heavy atom. The normalized spacial score (nSPS) is 13.1. The number of fused-ring (bicyclic) bond motifs is 3. The summed E-state index contributed by atoms with van der Waals surface area (Å²) in [7, 11) is 2.70. The van der Waals surface area contributed by atoms with E-state index in [2.05, 4.69) is 9.68 Å². The van der Waals surface area contributed by atoms with E-state index in [0.717, 1.165) is 6.07 Å². The van der Waals surface area contributed by atoms with Gasteiger partial charge >= 0.3 is 40.3 Å². The van der Waals surface area contributed by atoms with E-state index in [-0.39, 0.29) is 10.9 Å². The van der Waals surface area contributed by atoms with Gasteiger partial charge in [-0.05, 0) is 0 Å². The van der Waals surface area contributed by atoms with E-state index < -0.39 is 68.2 Å². The molecule has 0 spiro atoms. The third-order valence-corrected chi connectivity index (χ3v) is 4.35. The van der Waals surface area contributed by atoms with Crippen LogP contribution in [0.2, 0.25) is 0 Å². The third kappa shape index (κ3) is 4.47. The van der Waals surface area contributed by atoms with Gasteiger partial charge in [-0.15, -0.1) is 0 Å². The Kier molecular flexibility index (Phi) is 5.95. The van der Waals surface area contributed by atoms with Crippen molar-refractivity contribution in [3.63, 3.8) is 0 Å². The highest BCUT2D eigenvalue weighted by Crippen LogP contribution is 2.36. The van der Waals surface area contributed by atoms with Crippen molar-refractivity contribution in [3.8, 4) is 0 Å². The van der Waals surface area contributed by atoms with E-state index in [4.69, 9.17) is 17.7 Å². The zero-order valence-electron chi connectivity index (χ0n) is 18.2. The highest BCUT2D eigenvalue weighted by atomic mass is 17.0. The van der Waals surface area contributed by atoms with Crippen LogP contribution in [0.4, 0.5) is 5.69 Å². The molecule has 0 fully saturated rings. The highest BCUT2D eigenvalue weighted by molar-refractivity contribution is 6.17. The van der Waals surface area contributed by atoms with Crippen molar-refractivity contribution >= 4 is 45.9 Å². The molecule has 0 aliphatic carbocycles. The van der Waals surface area contributed by atoms with Gasteiger partial charge in [-0.25, -0.2) is 28.8 Å². The molecule has 15 nitrogen and oxygen atoms in total. The summed E-state index contributed by atoms with van der Waals surface area (Å²) in [6, 6.07) is 2.80. The van der Waals surface area contributed by atoms with Crippen LogP contribution in [0.15, 0.2) is 73.3 Å². The van der Waals surface area contributed by atoms with E-state index in [1.54, 1.807) is 0 Å². The van der Waals surface area contributed by atoms with Crippen LogP contribution in [-0.2, 0) is 19.3 Å². The zero-order valence-corrected chi connectivity index (χ0v) is 18.2. The van der Waals surface area contributed by atoms with Crippen LogP contribution in [-0.4, -0.2) is 37.2 Å². The summed E-state index contributed by atoms with van der Waals surface area (Å²) in [5, 5.41) is -0.124. The lowest BCUT2D eigenvalue weighted by Gasteiger charge is -2.21. The topological polar surface area (TPSA) is 197 Å². The molecular weight excluding hydrogens is 488 g/mol. The fourth-order valence-corrected chi connectivity index (χ4v) is 3.01. The number of nitrogens with zero attached hydrogens (tertiary/aromatic N) is 2. The van der Waals surface area contributed by atoms with Crippen LogP contribution in [0.25, 0.3) is 22.3 Å². The maximum Gasteiger partial charge on any atom is 0.360 e. The zero-order chi connectivity index (χ0) is 26.1. The van der Waals surface area contributed by atoms with Crippen LogP contribution >= 0.6 is 0 Å². The molecular formula is C21H12N2O13. The first-order valence-corrected chi connectivity index (χ1v) is 9.66. The first-order valence-electron chi connectivity index (χ1n) is 9.66. The molecule has 1 aliphatic rings. The molecule has 0 radical (unpaired) electrons. The van der Waals surface area contributed by atoms with Gasteiger partial charge in [0.25, 0.3) is 0 Å². The molecule has 2 aromatic heterocycles. The van der Waals surface area contributed by atoms with Crippen molar-refractivity contribution < 1.29 is 41.7 Å². The summed E-state index contributed by atoms with van der Waals surface area (Å²) in [4.78, 5) is 96.7. The third-order valence-electron chi connectivity index (χ3n) is 4.35. The summed E-state index contributed by atoms with van der Waals surface area (Å²) >= 11 is 0. The largest absolute Gasteiger partial charge is 0.418 e. The predicted molar refractivity (Wildman–Crippen MR) is 115 cm³/mol. The summed E-state index contributed by atoms with van der Waals surface area (Å²) in [5.41, 5.74) is -8.63. The number of amides is 1. The number of hydrogen-bond donors (Lipinski definition) is 0. The molecule has 0 saturated carbocycles. The lowest BCUT2D eigenvalue weighted by molar-refractivity contribution is -0.283. The van der Waals surface area contributed by atoms with E-state index in [1.165, 1.54) is 19.0 Å². The molecule has 36 heavy (non-hydrogen) atoms. The van der Waals surface area contributed by atoms with Crippen molar-refractivity contribution in [2.45, 2.75) is 0 Å². The second-order valence-corrected chi connectivity index (χ2v) is 7.00. The summed E-state index contributed by atoms with van der Waals surface area (Å²) in [5.74, 6) is -3.82. The van der Waals surface area contributed by atoms with Crippen LogP contribution in [0, 0.1) is 0 Å². The average molecular weight is 500 g/mol. The molecule has 1 aromatic carbocycles. The number of carbonyl (C=O) groups excluding carboxylic acids is 3. The monoisotopic (exact) mass is 500 g/mol. The van der Waals surface area contributed by atoms with E-state index in [0.29, 0.717) is 30.4 Å². The maximum absolute atomic E-state index is 13.5. The van der Waals surface area contributed by atoms with Gasteiger partial charge in [-0.2, -0.15) is 0 Å². The molecule has 4 rings (SSSR count). The number of benzene rings is 1. The Labute approximate surface area is 196 Å². The minimum absolute atomic E-state index is 0.124. The second-order valence-electron chi connectivity index (χ2n) is 7.00. The second kappa shape index (κ2) is 9.05. The molecule has 3 heterocycles. The molecule has 0 N–H and O–H groups in total. The van der Waals surface area contributed by atoms with E-state index in [9.17, 15) is 33.6 Å².